The number of benzene rings is 2. The SMILES string of the molecule is Cc1nn2c3c(cnc2c1-c1ccc(F)cc1)C(=O)CC(c1ccccc1)C3. The van der Waals surface area contributed by atoms with Crippen molar-refractivity contribution < 1.29 is 9.18 Å². The zero-order valence-corrected chi connectivity index (χ0v) is 15.4. The molecular weight excluding hydrogens is 353 g/mol. The van der Waals surface area contributed by atoms with E-state index in [1.54, 1.807) is 22.8 Å². The molecule has 4 nitrogen and oxygen atoms in total. The minimum atomic E-state index is -0.278. The van der Waals surface area contributed by atoms with Crippen LogP contribution in [-0.2, 0) is 6.42 Å². The first-order chi connectivity index (χ1) is 13.6. The van der Waals surface area contributed by atoms with E-state index in [1.165, 1.54) is 12.1 Å². The largest absolute Gasteiger partial charge is 0.294 e. The average molecular weight is 371 g/mol. The lowest BCUT2D eigenvalue weighted by Crippen LogP contribution is -2.22. The summed E-state index contributed by atoms with van der Waals surface area (Å²) >= 11 is 0. The highest BCUT2D eigenvalue weighted by molar-refractivity contribution is 5.99. The smallest absolute Gasteiger partial charge is 0.166 e. The van der Waals surface area contributed by atoms with Crippen molar-refractivity contribution >= 4 is 11.4 Å². The quantitative estimate of drug-likeness (QED) is 0.511. The van der Waals surface area contributed by atoms with Crippen LogP contribution in [0.4, 0.5) is 4.39 Å². The Morgan fingerprint density at radius 3 is 2.54 bits per heavy atom. The van der Waals surface area contributed by atoms with Crippen LogP contribution in [0.25, 0.3) is 16.8 Å². The third kappa shape index (κ3) is 2.62. The van der Waals surface area contributed by atoms with E-state index in [0.717, 1.165) is 34.5 Å². The zero-order chi connectivity index (χ0) is 19.3. The van der Waals surface area contributed by atoms with Gasteiger partial charge in [0.2, 0.25) is 0 Å². The fourth-order valence-corrected chi connectivity index (χ4v) is 4.12. The highest BCUT2D eigenvalue weighted by atomic mass is 19.1. The summed E-state index contributed by atoms with van der Waals surface area (Å²) in [6.07, 6.45) is 2.88. The van der Waals surface area contributed by atoms with Crippen LogP contribution in [0.15, 0.2) is 60.8 Å². The Morgan fingerprint density at radius 2 is 1.79 bits per heavy atom. The Kier molecular flexibility index (Phi) is 3.83. The van der Waals surface area contributed by atoms with Crippen molar-refractivity contribution in [1.29, 1.82) is 0 Å². The van der Waals surface area contributed by atoms with E-state index in [0.29, 0.717) is 17.6 Å². The highest BCUT2D eigenvalue weighted by Gasteiger charge is 2.30. The molecule has 0 N–H and O–H groups in total. The molecule has 5 rings (SSSR count). The van der Waals surface area contributed by atoms with Crippen LogP contribution in [0.3, 0.4) is 0 Å². The Hall–Kier alpha value is -3.34. The number of aryl methyl sites for hydroxylation is 1. The first-order valence-corrected chi connectivity index (χ1v) is 9.33. The Labute approximate surface area is 161 Å². The molecule has 2 aromatic heterocycles. The van der Waals surface area contributed by atoms with Gasteiger partial charge in [0.05, 0.1) is 17.0 Å². The van der Waals surface area contributed by atoms with Crippen molar-refractivity contribution in [2.75, 3.05) is 0 Å². The number of Topliss-reactive ketones (excluding diaryl/α,β-unsaturated/α-hetero) is 1. The maximum absolute atomic E-state index is 13.3. The van der Waals surface area contributed by atoms with Gasteiger partial charge >= 0.3 is 0 Å². The van der Waals surface area contributed by atoms with Gasteiger partial charge in [0.25, 0.3) is 0 Å². The lowest BCUT2D eigenvalue weighted by Gasteiger charge is -2.24. The van der Waals surface area contributed by atoms with Crippen molar-refractivity contribution in [3.8, 4) is 11.1 Å². The summed E-state index contributed by atoms with van der Waals surface area (Å²) in [5.41, 5.74) is 5.94. The Morgan fingerprint density at radius 1 is 1.04 bits per heavy atom. The molecule has 5 heteroatoms. The molecule has 0 saturated heterocycles. The number of halogens is 1. The van der Waals surface area contributed by atoms with E-state index in [4.69, 9.17) is 5.10 Å². The van der Waals surface area contributed by atoms with Crippen molar-refractivity contribution in [3.05, 3.63) is 89.1 Å². The molecule has 1 unspecified atom stereocenters. The summed E-state index contributed by atoms with van der Waals surface area (Å²) in [6, 6.07) is 16.5. The van der Waals surface area contributed by atoms with Crippen LogP contribution in [0.5, 0.6) is 0 Å². The van der Waals surface area contributed by atoms with Gasteiger partial charge in [0.1, 0.15) is 5.82 Å². The number of rotatable bonds is 2. The number of aromatic nitrogens is 3. The van der Waals surface area contributed by atoms with Gasteiger partial charge in [0, 0.05) is 18.2 Å². The highest BCUT2D eigenvalue weighted by Crippen LogP contribution is 2.35. The lowest BCUT2D eigenvalue weighted by atomic mass is 9.82. The molecular formula is C23H18FN3O. The fourth-order valence-electron chi connectivity index (χ4n) is 4.12. The summed E-state index contributed by atoms with van der Waals surface area (Å²) in [5.74, 6) is -0.0499. The minimum absolute atomic E-state index is 0.0981. The Balaban J connectivity index is 1.67. The third-order valence-electron chi connectivity index (χ3n) is 5.49. The molecule has 0 spiro atoms. The Bertz CT molecular complexity index is 1200. The number of carbonyl (C=O) groups excluding carboxylic acids is 1. The molecule has 1 atom stereocenters. The molecule has 2 heterocycles. The predicted octanol–water partition coefficient (Wildman–Crippen LogP) is 4.76. The monoisotopic (exact) mass is 371 g/mol. The standard InChI is InChI=1S/C23H18FN3O/c1-14-22(16-7-9-18(24)10-8-16)23-25-13-19-20(27(23)26-14)11-17(12-21(19)28)15-5-3-2-4-6-15/h2-10,13,17H,11-12H2,1H3. The molecule has 0 amide bonds. The second kappa shape index (κ2) is 6.37. The van der Waals surface area contributed by atoms with Gasteiger partial charge in [-0.05, 0) is 42.5 Å². The predicted molar refractivity (Wildman–Crippen MR) is 105 cm³/mol. The van der Waals surface area contributed by atoms with Crippen LogP contribution in [-0.4, -0.2) is 20.4 Å². The second-order valence-corrected chi connectivity index (χ2v) is 7.26. The molecule has 1 aliphatic carbocycles. The first-order valence-electron chi connectivity index (χ1n) is 9.33. The zero-order valence-electron chi connectivity index (χ0n) is 15.4. The van der Waals surface area contributed by atoms with E-state index in [2.05, 4.69) is 17.1 Å². The van der Waals surface area contributed by atoms with E-state index in [9.17, 15) is 9.18 Å². The number of carbonyl (C=O) groups is 1. The number of fused-ring (bicyclic) bond motifs is 3. The summed E-state index contributed by atoms with van der Waals surface area (Å²) in [5, 5.41) is 4.70. The van der Waals surface area contributed by atoms with Crippen LogP contribution in [0, 0.1) is 12.7 Å². The number of hydrogen-bond donors (Lipinski definition) is 0. The molecule has 0 radical (unpaired) electrons. The van der Waals surface area contributed by atoms with Gasteiger partial charge in [-0.2, -0.15) is 5.10 Å². The summed E-state index contributed by atoms with van der Waals surface area (Å²) in [4.78, 5) is 17.3. The van der Waals surface area contributed by atoms with Crippen LogP contribution in [0.1, 0.15) is 39.6 Å². The maximum atomic E-state index is 13.3. The lowest BCUT2D eigenvalue weighted by molar-refractivity contribution is 0.0962. The van der Waals surface area contributed by atoms with E-state index in [-0.39, 0.29) is 17.5 Å². The van der Waals surface area contributed by atoms with Crippen LogP contribution < -0.4 is 0 Å². The average Bonchev–Trinajstić information content (AvgIpc) is 3.05. The molecule has 2 aromatic carbocycles. The van der Waals surface area contributed by atoms with Crippen molar-refractivity contribution in [1.82, 2.24) is 14.6 Å². The molecule has 4 aromatic rings. The maximum Gasteiger partial charge on any atom is 0.166 e. The molecule has 28 heavy (non-hydrogen) atoms. The summed E-state index contributed by atoms with van der Waals surface area (Å²) < 4.78 is 15.1. The van der Waals surface area contributed by atoms with Crippen molar-refractivity contribution in [2.45, 2.75) is 25.7 Å². The van der Waals surface area contributed by atoms with Gasteiger partial charge in [0.15, 0.2) is 11.4 Å². The number of ketones is 1. The molecule has 0 bridgehead atoms. The van der Waals surface area contributed by atoms with E-state index < -0.39 is 0 Å². The van der Waals surface area contributed by atoms with Gasteiger partial charge in [-0.15, -0.1) is 0 Å². The number of nitrogens with zero attached hydrogens (tertiary/aromatic N) is 3. The van der Waals surface area contributed by atoms with E-state index in [1.807, 2.05) is 25.1 Å². The van der Waals surface area contributed by atoms with Crippen LogP contribution in [0.2, 0.25) is 0 Å². The molecule has 1 aliphatic rings. The summed E-state index contributed by atoms with van der Waals surface area (Å²) in [7, 11) is 0. The molecule has 0 fully saturated rings. The van der Waals surface area contributed by atoms with Gasteiger partial charge in [-0.1, -0.05) is 42.5 Å². The fraction of sp³-hybridized carbons (Fsp3) is 0.174. The molecule has 0 aliphatic heterocycles. The topological polar surface area (TPSA) is 47.3 Å². The normalized spacial score (nSPS) is 16.4. The number of hydrogen-bond acceptors (Lipinski definition) is 3. The van der Waals surface area contributed by atoms with Crippen LogP contribution >= 0.6 is 0 Å². The first kappa shape index (κ1) is 16.8. The molecule has 138 valence electrons. The summed E-state index contributed by atoms with van der Waals surface area (Å²) in [6.45, 7) is 1.92. The van der Waals surface area contributed by atoms with E-state index >= 15 is 0 Å². The second-order valence-electron chi connectivity index (χ2n) is 7.26. The minimum Gasteiger partial charge on any atom is -0.294 e. The van der Waals surface area contributed by atoms with Crippen molar-refractivity contribution in [2.24, 2.45) is 0 Å². The van der Waals surface area contributed by atoms with Gasteiger partial charge in [-0.25, -0.2) is 13.9 Å². The third-order valence-corrected chi connectivity index (χ3v) is 5.49. The van der Waals surface area contributed by atoms with Gasteiger partial charge < -0.3 is 0 Å². The van der Waals surface area contributed by atoms with Crippen molar-refractivity contribution in [3.63, 3.8) is 0 Å². The molecule has 0 saturated carbocycles. The van der Waals surface area contributed by atoms with Gasteiger partial charge in [-0.3, -0.25) is 4.79 Å².